The Hall–Kier alpha value is -4.06. The number of nitriles is 1. The molecule has 1 atom stereocenters. The van der Waals surface area contributed by atoms with Crippen molar-refractivity contribution in [3.05, 3.63) is 59.8 Å². The molecule has 9 heteroatoms. The van der Waals surface area contributed by atoms with Crippen LogP contribution in [0.5, 0.6) is 5.75 Å². The summed E-state index contributed by atoms with van der Waals surface area (Å²) in [5, 5.41) is 14.5. The molecule has 0 radical (unpaired) electrons. The molecule has 1 aromatic heterocycles. The van der Waals surface area contributed by atoms with E-state index in [-0.39, 0.29) is 37.1 Å². The maximum atomic E-state index is 12.8. The molecule has 190 valence electrons. The number of likely N-dealkylation sites (N-methyl/N-ethyl adjacent to an activating group) is 1. The number of ether oxygens (including phenoxy) is 3. The van der Waals surface area contributed by atoms with Gasteiger partial charge in [-0.3, -0.25) is 4.68 Å². The fourth-order valence-electron chi connectivity index (χ4n) is 3.53. The maximum Gasteiger partial charge on any atom is 0.410 e. The van der Waals surface area contributed by atoms with Crippen molar-refractivity contribution in [2.45, 2.75) is 52.4 Å². The minimum Gasteiger partial charge on any atom is -0.486 e. The number of benzene rings is 1. The third-order valence-corrected chi connectivity index (χ3v) is 5.24. The van der Waals surface area contributed by atoms with Gasteiger partial charge in [-0.15, -0.1) is 0 Å². The average Bonchev–Trinajstić information content (AvgIpc) is 3.21. The first kappa shape index (κ1) is 26.5. The van der Waals surface area contributed by atoms with Crippen LogP contribution in [-0.4, -0.2) is 58.6 Å². The number of aromatic nitrogens is 2. The van der Waals surface area contributed by atoms with Gasteiger partial charge in [0.05, 0.1) is 13.2 Å². The number of hydrogen-bond acceptors (Lipinski definition) is 7. The van der Waals surface area contributed by atoms with Crippen LogP contribution in [0.15, 0.2) is 48.6 Å². The van der Waals surface area contributed by atoms with Crippen molar-refractivity contribution in [3.8, 4) is 23.1 Å². The topological polar surface area (TPSA) is 107 Å². The molecule has 0 spiro atoms. The molecule has 0 aliphatic heterocycles. The van der Waals surface area contributed by atoms with Gasteiger partial charge in [-0.25, -0.2) is 9.59 Å². The number of allylic oxidation sites excluding steroid dienone is 2. The number of hydrogen-bond donors (Lipinski definition) is 0. The molecule has 36 heavy (non-hydrogen) atoms. The first-order valence-electron chi connectivity index (χ1n) is 11.9. The van der Waals surface area contributed by atoms with Crippen LogP contribution in [0.2, 0.25) is 0 Å². The van der Waals surface area contributed by atoms with E-state index in [1.165, 1.54) is 9.58 Å². The summed E-state index contributed by atoms with van der Waals surface area (Å²) in [4.78, 5) is 26.5. The van der Waals surface area contributed by atoms with E-state index in [9.17, 15) is 14.9 Å². The second-order valence-corrected chi connectivity index (χ2v) is 9.26. The zero-order valence-electron chi connectivity index (χ0n) is 21.4. The molecule has 0 saturated carbocycles. The molecule has 1 aliphatic rings. The molecular weight excluding hydrogens is 460 g/mol. The molecule has 1 amide bonds. The Morgan fingerprint density at radius 1 is 1.22 bits per heavy atom. The zero-order chi connectivity index (χ0) is 26.3. The Morgan fingerprint density at radius 2 is 1.94 bits per heavy atom. The summed E-state index contributed by atoms with van der Waals surface area (Å²) in [5.74, 6) is 0.0380. The van der Waals surface area contributed by atoms with Gasteiger partial charge in [-0.05, 0) is 58.0 Å². The highest BCUT2D eigenvalue weighted by molar-refractivity contribution is 5.93. The predicted octanol–water partition coefficient (Wildman–Crippen LogP) is 4.73. The molecule has 1 aromatic carbocycles. The van der Waals surface area contributed by atoms with E-state index in [1.807, 2.05) is 36.4 Å². The molecular formula is C27H32N4O5. The van der Waals surface area contributed by atoms with Crippen molar-refractivity contribution in [2.24, 2.45) is 0 Å². The quantitative estimate of drug-likeness (QED) is 0.490. The standard InChI is InChI=1S/C27H32N4O5/c1-6-34-25(32)24-22(18-28)23(29-31(24)17-16-30(5)26(33)36-27(2,3)4)19-12-14-21(15-13-19)35-20-10-8-7-9-11-20/h7-10,12-15,20H,6,11,16-17H2,1-5H3. The van der Waals surface area contributed by atoms with Gasteiger partial charge in [-0.2, -0.15) is 10.4 Å². The number of carbonyl (C=O) groups is 2. The molecule has 3 rings (SSSR count). The molecule has 9 nitrogen and oxygen atoms in total. The van der Waals surface area contributed by atoms with Crippen LogP contribution in [0.4, 0.5) is 4.79 Å². The van der Waals surface area contributed by atoms with E-state index in [1.54, 1.807) is 46.9 Å². The highest BCUT2D eigenvalue weighted by Crippen LogP contribution is 2.28. The average molecular weight is 493 g/mol. The fraction of sp³-hybridized carbons (Fsp3) is 0.407. The van der Waals surface area contributed by atoms with Crippen molar-refractivity contribution in [1.82, 2.24) is 14.7 Å². The Morgan fingerprint density at radius 3 is 2.53 bits per heavy atom. The van der Waals surface area contributed by atoms with Gasteiger partial charge in [-0.1, -0.05) is 18.2 Å². The van der Waals surface area contributed by atoms with Crippen LogP contribution in [0, 0.1) is 11.3 Å². The first-order chi connectivity index (χ1) is 17.1. The smallest absolute Gasteiger partial charge is 0.410 e. The fourth-order valence-corrected chi connectivity index (χ4v) is 3.53. The van der Waals surface area contributed by atoms with Gasteiger partial charge in [0.1, 0.15) is 34.8 Å². The minimum absolute atomic E-state index is 0.0351. The van der Waals surface area contributed by atoms with Crippen molar-refractivity contribution in [2.75, 3.05) is 20.2 Å². The van der Waals surface area contributed by atoms with Crippen molar-refractivity contribution in [1.29, 1.82) is 5.26 Å². The van der Waals surface area contributed by atoms with Gasteiger partial charge < -0.3 is 19.1 Å². The van der Waals surface area contributed by atoms with Crippen LogP contribution in [0.25, 0.3) is 11.3 Å². The summed E-state index contributed by atoms with van der Waals surface area (Å²) < 4.78 is 18.0. The first-order valence-corrected chi connectivity index (χ1v) is 11.9. The summed E-state index contributed by atoms with van der Waals surface area (Å²) in [5.41, 5.74) is 0.540. The largest absolute Gasteiger partial charge is 0.486 e. The van der Waals surface area contributed by atoms with E-state index in [4.69, 9.17) is 14.2 Å². The van der Waals surface area contributed by atoms with E-state index in [2.05, 4.69) is 11.2 Å². The number of esters is 1. The second-order valence-electron chi connectivity index (χ2n) is 9.26. The Balaban J connectivity index is 1.86. The lowest BCUT2D eigenvalue weighted by molar-refractivity contribution is 0.0292. The minimum atomic E-state index is -0.648. The zero-order valence-corrected chi connectivity index (χ0v) is 21.4. The summed E-state index contributed by atoms with van der Waals surface area (Å²) in [6, 6.07) is 9.32. The van der Waals surface area contributed by atoms with E-state index in [0.717, 1.165) is 6.42 Å². The van der Waals surface area contributed by atoms with Gasteiger partial charge in [0.25, 0.3) is 0 Å². The molecule has 0 saturated heterocycles. The number of rotatable bonds is 8. The second kappa shape index (κ2) is 11.6. The molecule has 1 heterocycles. The van der Waals surface area contributed by atoms with E-state index in [0.29, 0.717) is 17.0 Å². The Bertz CT molecular complexity index is 1180. The Kier molecular flexibility index (Phi) is 8.54. The molecule has 0 bridgehead atoms. The predicted molar refractivity (Wildman–Crippen MR) is 135 cm³/mol. The van der Waals surface area contributed by atoms with Crippen LogP contribution < -0.4 is 4.74 Å². The van der Waals surface area contributed by atoms with Gasteiger partial charge in [0.2, 0.25) is 0 Å². The van der Waals surface area contributed by atoms with Gasteiger partial charge in [0, 0.05) is 25.6 Å². The summed E-state index contributed by atoms with van der Waals surface area (Å²) >= 11 is 0. The van der Waals surface area contributed by atoms with Crippen LogP contribution in [0.1, 0.15) is 50.2 Å². The Labute approximate surface area is 211 Å². The number of amides is 1. The molecule has 0 fully saturated rings. The van der Waals surface area contributed by atoms with E-state index < -0.39 is 17.7 Å². The van der Waals surface area contributed by atoms with Crippen LogP contribution >= 0.6 is 0 Å². The highest BCUT2D eigenvalue weighted by atomic mass is 16.6. The van der Waals surface area contributed by atoms with Crippen LogP contribution in [0.3, 0.4) is 0 Å². The normalized spacial score (nSPS) is 14.7. The summed E-state index contributed by atoms with van der Waals surface area (Å²) in [6.07, 6.45) is 8.23. The van der Waals surface area contributed by atoms with Gasteiger partial charge in [0.15, 0.2) is 5.69 Å². The van der Waals surface area contributed by atoms with Crippen molar-refractivity contribution >= 4 is 12.1 Å². The van der Waals surface area contributed by atoms with E-state index >= 15 is 0 Å². The number of nitrogens with zero attached hydrogens (tertiary/aromatic N) is 4. The third-order valence-electron chi connectivity index (χ3n) is 5.24. The molecule has 2 aromatic rings. The highest BCUT2D eigenvalue weighted by Gasteiger charge is 2.27. The summed E-state index contributed by atoms with van der Waals surface area (Å²) in [7, 11) is 1.60. The SMILES string of the molecule is CCOC(=O)c1c(C#N)c(-c2ccc(OC3C=CC=CC3)cc2)nn1CCN(C)C(=O)OC(C)(C)C. The van der Waals surface area contributed by atoms with Crippen LogP contribution in [-0.2, 0) is 16.0 Å². The number of carbonyl (C=O) groups excluding carboxylic acids is 2. The lowest BCUT2D eigenvalue weighted by Crippen LogP contribution is -2.36. The van der Waals surface area contributed by atoms with Crippen molar-refractivity contribution < 1.29 is 23.8 Å². The lowest BCUT2D eigenvalue weighted by atomic mass is 10.1. The van der Waals surface area contributed by atoms with Crippen molar-refractivity contribution in [3.63, 3.8) is 0 Å². The summed E-state index contributed by atoms with van der Waals surface area (Å²) in [6.45, 7) is 7.59. The van der Waals surface area contributed by atoms with Gasteiger partial charge >= 0.3 is 12.1 Å². The third kappa shape index (κ3) is 6.75. The lowest BCUT2D eigenvalue weighted by Gasteiger charge is -2.24. The maximum absolute atomic E-state index is 12.8. The molecule has 1 aliphatic carbocycles. The molecule has 1 unspecified atom stereocenters. The monoisotopic (exact) mass is 492 g/mol. The molecule has 0 N–H and O–H groups in total.